The smallest absolute Gasteiger partial charge is 0.263 e. The molecule has 1 aliphatic heterocycles. The molecule has 106 valence electrons. The number of carbonyl (C=O) groups excluding carboxylic acids is 2. The standard InChI is InChI=1S/C16H14N2O3/c17-13-8-4-7-12-14(13)16(20)18(15(12)19)9-10-21-11-5-2-1-3-6-11/h1-8H,9-10,17H2. The van der Waals surface area contributed by atoms with Gasteiger partial charge >= 0.3 is 0 Å². The molecule has 2 aromatic rings. The molecule has 2 N–H and O–H groups in total. The molecule has 2 amide bonds. The van der Waals surface area contributed by atoms with Crippen molar-refractivity contribution in [2.24, 2.45) is 0 Å². The highest BCUT2D eigenvalue weighted by molar-refractivity contribution is 6.23. The van der Waals surface area contributed by atoms with E-state index in [1.165, 1.54) is 4.90 Å². The Morgan fingerprint density at radius 2 is 1.71 bits per heavy atom. The Kier molecular flexibility index (Phi) is 3.31. The van der Waals surface area contributed by atoms with E-state index in [0.29, 0.717) is 22.6 Å². The van der Waals surface area contributed by atoms with Crippen LogP contribution in [0.2, 0.25) is 0 Å². The van der Waals surface area contributed by atoms with Gasteiger partial charge in [0.15, 0.2) is 0 Å². The normalized spacial score (nSPS) is 13.4. The molecule has 5 heteroatoms. The average molecular weight is 282 g/mol. The number of hydrogen-bond donors (Lipinski definition) is 1. The van der Waals surface area contributed by atoms with Gasteiger partial charge in [0.25, 0.3) is 11.8 Å². The third-order valence-corrected chi connectivity index (χ3v) is 3.36. The van der Waals surface area contributed by atoms with Gasteiger partial charge in [-0.25, -0.2) is 0 Å². The number of hydrogen-bond acceptors (Lipinski definition) is 4. The molecule has 0 unspecified atom stereocenters. The van der Waals surface area contributed by atoms with Crippen LogP contribution in [0.25, 0.3) is 0 Å². The second-order valence-corrected chi connectivity index (χ2v) is 4.69. The summed E-state index contributed by atoms with van der Waals surface area (Å²) in [6.45, 7) is 0.441. The first kappa shape index (κ1) is 13.2. The van der Waals surface area contributed by atoms with Crippen molar-refractivity contribution in [1.82, 2.24) is 4.90 Å². The van der Waals surface area contributed by atoms with Crippen molar-refractivity contribution in [1.29, 1.82) is 0 Å². The van der Waals surface area contributed by atoms with Crippen LogP contribution < -0.4 is 10.5 Å². The third-order valence-electron chi connectivity index (χ3n) is 3.36. The van der Waals surface area contributed by atoms with Crippen molar-refractivity contribution in [3.8, 4) is 5.75 Å². The molecule has 0 saturated heterocycles. The molecule has 0 radical (unpaired) electrons. The third kappa shape index (κ3) is 2.33. The Morgan fingerprint density at radius 3 is 2.43 bits per heavy atom. The van der Waals surface area contributed by atoms with Crippen LogP contribution >= 0.6 is 0 Å². The Bertz CT molecular complexity index is 698. The van der Waals surface area contributed by atoms with Gasteiger partial charge in [-0.15, -0.1) is 0 Å². The van der Waals surface area contributed by atoms with Crippen molar-refractivity contribution in [3.63, 3.8) is 0 Å². The second kappa shape index (κ2) is 5.28. The van der Waals surface area contributed by atoms with Gasteiger partial charge in [0.2, 0.25) is 0 Å². The van der Waals surface area contributed by atoms with Crippen LogP contribution in [-0.4, -0.2) is 29.9 Å². The van der Waals surface area contributed by atoms with Gasteiger partial charge in [-0.3, -0.25) is 14.5 Å². The zero-order valence-electron chi connectivity index (χ0n) is 11.3. The summed E-state index contributed by atoms with van der Waals surface area (Å²) in [6, 6.07) is 14.2. The van der Waals surface area contributed by atoms with Crippen molar-refractivity contribution in [2.45, 2.75) is 0 Å². The summed E-state index contributed by atoms with van der Waals surface area (Å²) in [6.07, 6.45) is 0. The zero-order valence-corrected chi connectivity index (χ0v) is 11.3. The van der Waals surface area contributed by atoms with Gasteiger partial charge in [-0.05, 0) is 24.3 Å². The fourth-order valence-electron chi connectivity index (χ4n) is 2.33. The second-order valence-electron chi connectivity index (χ2n) is 4.69. The summed E-state index contributed by atoms with van der Waals surface area (Å²) >= 11 is 0. The zero-order chi connectivity index (χ0) is 14.8. The van der Waals surface area contributed by atoms with Gasteiger partial charge in [0.1, 0.15) is 12.4 Å². The lowest BCUT2D eigenvalue weighted by molar-refractivity contribution is 0.0631. The first-order valence-electron chi connectivity index (χ1n) is 6.61. The van der Waals surface area contributed by atoms with E-state index in [1.807, 2.05) is 30.3 Å². The predicted octanol–water partition coefficient (Wildman–Crippen LogP) is 1.94. The van der Waals surface area contributed by atoms with Crippen LogP contribution in [-0.2, 0) is 0 Å². The fourth-order valence-corrected chi connectivity index (χ4v) is 2.33. The molecule has 3 rings (SSSR count). The Hall–Kier alpha value is -2.82. The number of carbonyl (C=O) groups is 2. The van der Waals surface area contributed by atoms with E-state index >= 15 is 0 Å². The largest absolute Gasteiger partial charge is 0.492 e. The summed E-state index contributed by atoms with van der Waals surface area (Å²) < 4.78 is 5.52. The van der Waals surface area contributed by atoms with E-state index in [1.54, 1.807) is 18.2 Å². The van der Waals surface area contributed by atoms with Gasteiger partial charge in [0.05, 0.1) is 17.7 Å². The molecule has 5 nitrogen and oxygen atoms in total. The number of amides is 2. The maximum absolute atomic E-state index is 12.2. The molecule has 2 aromatic carbocycles. The maximum atomic E-state index is 12.2. The molecule has 0 saturated carbocycles. The molecule has 0 bridgehead atoms. The Morgan fingerprint density at radius 1 is 0.952 bits per heavy atom. The summed E-state index contributed by atoms with van der Waals surface area (Å²) in [5.41, 5.74) is 6.76. The number of rotatable bonds is 4. The number of benzene rings is 2. The number of anilines is 1. The van der Waals surface area contributed by atoms with Gasteiger partial charge in [0, 0.05) is 5.69 Å². The van der Waals surface area contributed by atoms with E-state index in [9.17, 15) is 9.59 Å². The highest BCUT2D eigenvalue weighted by atomic mass is 16.5. The summed E-state index contributed by atoms with van der Waals surface area (Å²) in [7, 11) is 0. The van der Waals surface area contributed by atoms with Crippen LogP contribution in [0.3, 0.4) is 0 Å². The van der Waals surface area contributed by atoms with Crippen LogP contribution in [0.4, 0.5) is 5.69 Å². The molecule has 0 spiro atoms. The van der Waals surface area contributed by atoms with Gasteiger partial charge in [-0.2, -0.15) is 0 Å². The highest BCUT2D eigenvalue weighted by Gasteiger charge is 2.36. The lowest BCUT2D eigenvalue weighted by Crippen LogP contribution is -2.33. The minimum atomic E-state index is -0.357. The Labute approximate surface area is 121 Å². The van der Waals surface area contributed by atoms with Crippen LogP contribution in [0.5, 0.6) is 5.75 Å². The average Bonchev–Trinajstić information content (AvgIpc) is 2.74. The van der Waals surface area contributed by atoms with Crippen molar-refractivity contribution < 1.29 is 14.3 Å². The van der Waals surface area contributed by atoms with E-state index in [2.05, 4.69) is 0 Å². The maximum Gasteiger partial charge on any atom is 0.263 e. The number of ether oxygens (including phenoxy) is 1. The van der Waals surface area contributed by atoms with Crippen LogP contribution in [0, 0.1) is 0 Å². The molecule has 0 fully saturated rings. The molecular weight excluding hydrogens is 268 g/mol. The van der Waals surface area contributed by atoms with Crippen molar-refractivity contribution in [2.75, 3.05) is 18.9 Å². The van der Waals surface area contributed by atoms with Crippen molar-refractivity contribution in [3.05, 3.63) is 59.7 Å². The first-order chi connectivity index (χ1) is 10.2. The molecule has 0 aliphatic carbocycles. The number of para-hydroxylation sites is 1. The fraction of sp³-hybridized carbons (Fsp3) is 0.125. The molecule has 0 aromatic heterocycles. The SMILES string of the molecule is Nc1cccc2c1C(=O)N(CCOc1ccccc1)C2=O. The molecular formula is C16H14N2O3. The number of nitrogens with zero attached hydrogens (tertiary/aromatic N) is 1. The van der Waals surface area contributed by atoms with E-state index in [-0.39, 0.29) is 25.0 Å². The van der Waals surface area contributed by atoms with Gasteiger partial charge < -0.3 is 10.5 Å². The lowest BCUT2D eigenvalue weighted by Gasteiger charge is -2.14. The summed E-state index contributed by atoms with van der Waals surface area (Å²) in [5, 5.41) is 0. The molecule has 1 aliphatic rings. The van der Waals surface area contributed by atoms with Crippen LogP contribution in [0.15, 0.2) is 48.5 Å². The first-order valence-corrected chi connectivity index (χ1v) is 6.61. The number of nitrogen functional groups attached to an aromatic ring is 1. The quantitative estimate of drug-likeness (QED) is 0.687. The Balaban J connectivity index is 1.70. The van der Waals surface area contributed by atoms with Crippen molar-refractivity contribution >= 4 is 17.5 Å². The number of nitrogens with two attached hydrogens (primary N) is 1. The summed E-state index contributed by atoms with van der Waals surface area (Å²) in [4.78, 5) is 25.6. The lowest BCUT2D eigenvalue weighted by atomic mass is 10.1. The minimum absolute atomic E-state index is 0.195. The van der Waals surface area contributed by atoms with E-state index in [4.69, 9.17) is 10.5 Å². The minimum Gasteiger partial charge on any atom is -0.492 e. The number of imide groups is 1. The predicted molar refractivity (Wildman–Crippen MR) is 78.2 cm³/mol. The molecule has 0 atom stereocenters. The number of fused-ring (bicyclic) bond motifs is 1. The van der Waals surface area contributed by atoms with E-state index < -0.39 is 0 Å². The highest BCUT2D eigenvalue weighted by Crippen LogP contribution is 2.27. The van der Waals surface area contributed by atoms with Gasteiger partial charge in [-0.1, -0.05) is 24.3 Å². The molecule has 21 heavy (non-hydrogen) atoms. The molecule has 1 heterocycles. The summed E-state index contributed by atoms with van der Waals surface area (Å²) in [5.74, 6) is 0.0253. The monoisotopic (exact) mass is 282 g/mol. The topological polar surface area (TPSA) is 72.6 Å². The van der Waals surface area contributed by atoms with E-state index in [0.717, 1.165) is 0 Å². The van der Waals surface area contributed by atoms with Crippen LogP contribution in [0.1, 0.15) is 20.7 Å².